The van der Waals surface area contributed by atoms with Gasteiger partial charge < -0.3 is 35.0 Å². The molecule has 39 heavy (non-hydrogen) atoms. The second-order valence-electron chi connectivity index (χ2n) is 10.4. The van der Waals surface area contributed by atoms with Crippen LogP contribution in [0.2, 0.25) is 0 Å². The van der Waals surface area contributed by atoms with E-state index >= 15 is 0 Å². The highest BCUT2D eigenvalue weighted by molar-refractivity contribution is 14.1. The molecule has 0 bridgehead atoms. The molecule has 0 spiro atoms. The van der Waals surface area contributed by atoms with Crippen LogP contribution < -0.4 is 14.8 Å². The van der Waals surface area contributed by atoms with Gasteiger partial charge in [0.1, 0.15) is 12.2 Å². The maximum Gasteiger partial charge on any atom is 0.247 e. The van der Waals surface area contributed by atoms with E-state index in [1.54, 1.807) is 23.1 Å². The van der Waals surface area contributed by atoms with Crippen molar-refractivity contribution in [3.8, 4) is 11.5 Å². The molecule has 1 saturated carbocycles. The van der Waals surface area contributed by atoms with Crippen LogP contribution in [0.1, 0.15) is 70.3 Å². The number of nitrogens with one attached hydrogen (secondary N) is 1. The average Bonchev–Trinajstić information content (AvgIpc) is 3.48. The van der Waals surface area contributed by atoms with E-state index in [0.717, 1.165) is 51.4 Å². The lowest BCUT2D eigenvalue weighted by Crippen LogP contribution is -2.56. The number of carbonyl (C=O) groups is 2. The molecule has 0 aromatic heterocycles. The summed E-state index contributed by atoms with van der Waals surface area (Å²) in [6.07, 6.45) is 7.51. The number of methoxy groups -OCH3 is 1. The molecule has 1 aromatic carbocycles. The lowest BCUT2D eigenvalue weighted by atomic mass is 9.87. The van der Waals surface area contributed by atoms with Crippen LogP contribution in [0, 0.1) is 9.49 Å². The van der Waals surface area contributed by atoms with Crippen molar-refractivity contribution in [1.29, 1.82) is 0 Å². The molecule has 3 atom stereocenters. The highest BCUT2D eigenvalue weighted by Gasteiger charge is 2.42. The van der Waals surface area contributed by atoms with Gasteiger partial charge in [0.05, 0.1) is 29.9 Å². The molecule has 0 saturated heterocycles. The molecule has 4 N–H and O–H groups in total. The van der Waals surface area contributed by atoms with E-state index in [1.807, 2.05) is 0 Å². The molecule has 0 unspecified atom stereocenters. The summed E-state index contributed by atoms with van der Waals surface area (Å²) in [7, 11) is 1.50. The Bertz CT molecular complexity index is 996. The van der Waals surface area contributed by atoms with Crippen molar-refractivity contribution in [2.24, 2.45) is 5.92 Å². The van der Waals surface area contributed by atoms with Crippen LogP contribution in [-0.4, -0.2) is 77.1 Å². The molecule has 218 valence electrons. The summed E-state index contributed by atoms with van der Waals surface area (Å²) in [5, 5.41) is 33.2. The number of rotatable bonds is 14. The summed E-state index contributed by atoms with van der Waals surface area (Å²) in [5.74, 6) is 0.420. The van der Waals surface area contributed by atoms with Crippen molar-refractivity contribution in [3.05, 3.63) is 32.9 Å². The van der Waals surface area contributed by atoms with E-state index in [1.165, 1.54) is 7.11 Å². The van der Waals surface area contributed by atoms with Gasteiger partial charge in [-0.25, -0.2) is 0 Å². The van der Waals surface area contributed by atoms with E-state index < -0.39 is 18.2 Å². The van der Waals surface area contributed by atoms with Crippen LogP contribution in [0.5, 0.6) is 11.5 Å². The van der Waals surface area contributed by atoms with Gasteiger partial charge in [0.2, 0.25) is 11.8 Å². The third-order valence-corrected chi connectivity index (χ3v) is 8.38. The summed E-state index contributed by atoms with van der Waals surface area (Å²) in [5.41, 5.74) is 1.06. The number of carbonyl (C=O) groups excluding carboxylic acids is 2. The number of hydrogen-bond acceptors (Lipinski definition) is 7. The second-order valence-corrected chi connectivity index (χ2v) is 11.5. The standard InChI is InChI=1S/C29H43IN2O7/c1-3-4-5-8-12-32(29(37)20-9-6-7-10-20)23-16-21(28(36)31-11-13-33)17-24(26(23)35)39-27-22(30)14-19(18-34)15-25(27)38-2/h14-15,17,20,23-24,26,33-35H,3-13,16,18H2,1-2H3,(H,31,36)/t23-,24+,26+/m1/s1. The van der Waals surface area contributed by atoms with Gasteiger partial charge in [-0.15, -0.1) is 0 Å². The molecule has 10 heteroatoms. The van der Waals surface area contributed by atoms with Crippen LogP contribution in [0.4, 0.5) is 0 Å². The van der Waals surface area contributed by atoms with Crippen LogP contribution >= 0.6 is 22.6 Å². The first-order chi connectivity index (χ1) is 18.8. The predicted octanol–water partition coefficient (Wildman–Crippen LogP) is 3.31. The third-order valence-electron chi connectivity index (χ3n) is 7.58. The number of aliphatic hydroxyl groups is 3. The zero-order chi connectivity index (χ0) is 28.4. The fraction of sp³-hybridized carbons (Fsp3) is 0.655. The number of amides is 2. The van der Waals surface area contributed by atoms with Crippen molar-refractivity contribution in [2.75, 3.05) is 26.8 Å². The first-order valence-electron chi connectivity index (χ1n) is 14.1. The summed E-state index contributed by atoms with van der Waals surface area (Å²) >= 11 is 2.09. The quantitative estimate of drug-likeness (QED) is 0.179. The summed E-state index contributed by atoms with van der Waals surface area (Å²) < 4.78 is 12.5. The van der Waals surface area contributed by atoms with Crippen molar-refractivity contribution in [2.45, 2.75) is 89.6 Å². The van der Waals surface area contributed by atoms with Gasteiger partial charge in [-0.3, -0.25) is 9.59 Å². The maximum atomic E-state index is 13.8. The Kier molecular flexibility index (Phi) is 12.8. The SMILES string of the molecule is CCCCCCN(C(=O)C1CCCC1)[C@@H]1CC(C(=O)NCCO)=C[C@H](Oc2c(I)cc(CO)cc2OC)[C@H]1O. The number of benzene rings is 1. The number of nitrogens with zero attached hydrogens (tertiary/aromatic N) is 1. The average molecular weight is 659 g/mol. The van der Waals surface area contributed by atoms with Gasteiger partial charge in [0.25, 0.3) is 0 Å². The zero-order valence-electron chi connectivity index (χ0n) is 23.0. The number of ether oxygens (including phenoxy) is 2. The molecule has 2 aliphatic carbocycles. The topological polar surface area (TPSA) is 129 Å². The monoisotopic (exact) mass is 658 g/mol. The maximum absolute atomic E-state index is 13.8. The molecule has 2 aliphatic rings. The van der Waals surface area contributed by atoms with E-state index in [9.17, 15) is 24.9 Å². The minimum atomic E-state index is -1.08. The van der Waals surface area contributed by atoms with E-state index in [2.05, 4.69) is 34.8 Å². The van der Waals surface area contributed by atoms with Crippen molar-refractivity contribution in [1.82, 2.24) is 10.2 Å². The van der Waals surface area contributed by atoms with Crippen LogP contribution in [0.25, 0.3) is 0 Å². The zero-order valence-corrected chi connectivity index (χ0v) is 25.2. The molecule has 2 amide bonds. The van der Waals surface area contributed by atoms with Gasteiger partial charge in [-0.2, -0.15) is 0 Å². The van der Waals surface area contributed by atoms with E-state index in [4.69, 9.17) is 9.47 Å². The molecule has 0 radical (unpaired) electrons. The Morgan fingerprint density at radius 2 is 1.90 bits per heavy atom. The Labute approximate surface area is 245 Å². The minimum absolute atomic E-state index is 0.0447. The third kappa shape index (κ3) is 8.31. The van der Waals surface area contributed by atoms with Gasteiger partial charge in [0, 0.05) is 31.0 Å². The van der Waals surface area contributed by atoms with Gasteiger partial charge in [0.15, 0.2) is 11.5 Å². The van der Waals surface area contributed by atoms with Crippen LogP contribution in [0.3, 0.4) is 0 Å². The minimum Gasteiger partial charge on any atom is -0.493 e. The fourth-order valence-electron chi connectivity index (χ4n) is 5.45. The smallest absolute Gasteiger partial charge is 0.247 e. The van der Waals surface area contributed by atoms with Crippen molar-refractivity contribution >= 4 is 34.4 Å². The molecular formula is C29H43IN2O7. The van der Waals surface area contributed by atoms with Gasteiger partial charge >= 0.3 is 0 Å². The predicted molar refractivity (Wildman–Crippen MR) is 156 cm³/mol. The van der Waals surface area contributed by atoms with Crippen molar-refractivity contribution in [3.63, 3.8) is 0 Å². The van der Waals surface area contributed by atoms with Crippen molar-refractivity contribution < 1.29 is 34.4 Å². The molecule has 0 aliphatic heterocycles. The number of unbranched alkanes of at least 4 members (excludes halogenated alkanes) is 3. The largest absolute Gasteiger partial charge is 0.493 e. The molecule has 1 fully saturated rings. The Balaban J connectivity index is 1.96. The highest BCUT2D eigenvalue weighted by atomic mass is 127. The summed E-state index contributed by atoms with van der Waals surface area (Å²) in [4.78, 5) is 28.6. The number of halogens is 1. The first-order valence-corrected chi connectivity index (χ1v) is 15.1. The summed E-state index contributed by atoms with van der Waals surface area (Å²) in [6, 6.07) is 2.81. The van der Waals surface area contributed by atoms with Crippen LogP contribution in [0.15, 0.2) is 23.8 Å². The Hall–Kier alpha value is -1.89. The molecule has 1 aromatic rings. The normalized spacial score (nSPS) is 21.4. The second kappa shape index (κ2) is 15.8. The molecule has 3 rings (SSSR count). The summed E-state index contributed by atoms with van der Waals surface area (Å²) in [6.45, 7) is 2.40. The van der Waals surface area contributed by atoms with E-state index in [0.29, 0.717) is 32.8 Å². The van der Waals surface area contributed by atoms with Gasteiger partial charge in [-0.05, 0) is 65.6 Å². The van der Waals surface area contributed by atoms with E-state index in [-0.39, 0.29) is 43.9 Å². The first kappa shape index (κ1) is 31.6. The Morgan fingerprint density at radius 3 is 2.54 bits per heavy atom. The Morgan fingerprint density at radius 1 is 1.15 bits per heavy atom. The number of aliphatic hydroxyl groups excluding tert-OH is 3. The molecule has 0 heterocycles. The lowest BCUT2D eigenvalue weighted by molar-refractivity contribution is -0.142. The fourth-order valence-corrected chi connectivity index (χ4v) is 6.24. The number of hydrogen-bond donors (Lipinski definition) is 4. The van der Waals surface area contributed by atoms with Gasteiger partial charge in [-0.1, -0.05) is 39.0 Å². The molecular weight excluding hydrogens is 615 g/mol. The molecule has 9 nitrogen and oxygen atoms in total. The lowest BCUT2D eigenvalue weighted by Gasteiger charge is -2.41. The van der Waals surface area contributed by atoms with Crippen LogP contribution in [-0.2, 0) is 16.2 Å². The highest BCUT2D eigenvalue weighted by Crippen LogP contribution is 2.38.